The maximum Gasteiger partial charge on any atom is 0.328 e. The lowest BCUT2D eigenvalue weighted by atomic mass is 9.96. The number of carbonyl (C=O) groups is 4. The number of amides is 2. The first-order chi connectivity index (χ1) is 19.0. The van der Waals surface area contributed by atoms with Crippen LogP contribution in [0.5, 0.6) is 0 Å². The molecular formula is C23H28N6O10S2. The van der Waals surface area contributed by atoms with Gasteiger partial charge in [0.05, 0.1) is 38.2 Å². The maximum atomic E-state index is 12.6. The van der Waals surface area contributed by atoms with E-state index in [0.29, 0.717) is 0 Å². The topological polar surface area (TPSA) is 213 Å². The highest BCUT2D eigenvalue weighted by Gasteiger charge is 2.70. The molecule has 18 heteroatoms. The van der Waals surface area contributed by atoms with Crippen LogP contribution in [0.3, 0.4) is 0 Å². The minimum Gasteiger partial charge on any atom is -0.548 e. The van der Waals surface area contributed by atoms with Crippen LogP contribution in [0, 0.1) is 0 Å². The van der Waals surface area contributed by atoms with Crippen molar-refractivity contribution in [2.45, 2.75) is 72.1 Å². The van der Waals surface area contributed by atoms with Crippen molar-refractivity contribution in [3.8, 4) is 0 Å². The highest BCUT2D eigenvalue weighted by atomic mass is 32.2. The number of hydrogen-bond donors (Lipinski definition) is 1. The van der Waals surface area contributed by atoms with E-state index in [9.17, 15) is 46.2 Å². The van der Waals surface area contributed by atoms with Gasteiger partial charge in [0.1, 0.15) is 39.2 Å². The van der Waals surface area contributed by atoms with Gasteiger partial charge in [-0.05, 0) is 13.8 Å². The number of imidazole rings is 2. The number of nitrogens with zero attached hydrogens (tertiary/aromatic N) is 6. The smallest absolute Gasteiger partial charge is 0.328 e. The minimum absolute atomic E-state index is 0.0465. The minimum atomic E-state index is -3.79. The fourth-order valence-electron chi connectivity index (χ4n) is 6.26. The average Bonchev–Trinajstić information content (AvgIpc) is 3.57. The van der Waals surface area contributed by atoms with Gasteiger partial charge in [-0.1, -0.05) is 0 Å². The van der Waals surface area contributed by atoms with Crippen molar-refractivity contribution < 1.29 is 50.8 Å². The molecule has 0 saturated carbocycles. The van der Waals surface area contributed by atoms with Crippen LogP contribution in [0.1, 0.15) is 26.7 Å². The summed E-state index contributed by atoms with van der Waals surface area (Å²) in [5.41, 5.74) is 0. The maximum absolute atomic E-state index is 12.6. The Bertz CT molecular complexity index is 1670. The lowest BCUT2D eigenvalue weighted by Gasteiger charge is -2.38. The molecule has 2 aromatic heterocycles. The van der Waals surface area contributed by atoms with E-state index in [1.165, 1.54) is 30.9 Å². The Balaban J connectivity index is 0.000000165. The second-order valence-corrected chi connectivity index (χ2v) is 16.2. The summed E-state index contributed by atoms with van der Waals surface area (Å²) in [7, 11) is -5.77. The molecule has 6 rings (SSSR count). The molecule has 0 radical (unpaired) electrons. The molecule has 222 valence electrons. The first-order valence-corrected chi connectivity index (χ1v) is 15.6. The Morgan fingerprint density at radius 2 is 1.49 bits per heavy atom. The summed E-state index contributed by atoms with van der Waals surface area (Å²) in [5.74, 6) is -3.72. The van der Waals surface area contributed by atoms with E-state index in [0.717, 1.165) is 9.80 Å². The number of hydrogen-bond acceptors (Lipinski definition) is 10. The third-order valence-electron chi connectivity index (χ3n) is 8.46. The Morgan fingerprint density at radius 1 is 0.976 bits per heavy atom. The molecule has 6 heterocycles. The van der Waals surface area contributed by atoms with Crippen LogP contribution in [-0.4, -0.2) is 102 Å². The number of carboxylic acid groups (broad SMARTS) is 2. The average molecular weight is 613 g/mol. The largest absolute Gasteiger partial charge is 0.548 e. The zero-order valence-electron chi connectivity index (χ0n) is 22.2. The number of β-lactam (4-membered cyclic amide) rings is 2. The molecule has 0 spiro atoms. The number of aliphatic carboxylic acids is 2. The van der Waals surface area contributed by atoms with Crippen molar-refractivity contribution in [1.82, 2.24) is 23.9 Å². The highest BCUT2D eigenvalue weighted by Crippen LogP contribution is 2.47. The summed E-state index contributed by atoms with van der Waals surface area (Å²) in [4.78, 5) is 51.9. The van der Waals surface area contributed by atoms with Gasteiger partial charge in [0.25, 0.3) is 0 Å². The molecule has 4 saturated heterocycles. The van der Waals surface area contributed by atoms with Gasteiger partial charge in [0.15, 0.2) is 25.7 Å². The molecule has 6 atom stereocenters. The highest BCUT2D eigenvalue weighted by molar-refractivity contribution is 7.94. The molecule has 2 aromatic rings. The quantitative estimate of drug-likeness (QED) is 0.247. The summed E-state index contributed by atoms with van der Waals surface area (Å²) in [6.07, 6.45) is 9.23. The SMILES string of the molecule is C[C@]1(Cn2ccnc2)[C@H](C(=O)O)N2C(=O)CC2S1(=O)=O.C[n+]1ccn(C[C@@]2(C)[C@H](C(=O)[O-])N3C(=O)CC3S2(=O)=O)c1. The fourth-order valence-corrected chi connectivity index (χ4v) is 11.0. The van der Waals surface area contributed by atoms with Crippen LogP contribution in [0.15, 0.2) is 37.4 Å². The van der Waals surface area contributed by atoms with Gasteiger partial charge in [0.2, 0.25) is 18.1 Å². The van der Waals surface area contributed by atoms with Gasteiger partial charge in [-0.2, -0.15) is 0 Å². The molecule has 4 aliphatic rings. The van der Waals surface area contributed by atoms with E-state index in [1.54, 1.807) is 41.1 Å². The summed E-state index contributed by atoms with van der Waals surface area (Å²) in [6, 6.07) is -2.82. The monoisotopic (exact) mass is 612 g/mol. The van der Waals surface area contributed by atoms with Gasteiger partial charge in [0, 0.05) is 18.9 Å². The zero-order valence-corrected chi connectivity index (χ0v) is 23.9. The van der Waals surface area contributed by atoms with Gasteiger partial charge >= 0.3 is 5.97 Å². The third kappa shape index (κ3) is 3.90. The van der Waals surface area contributed by atoms with E-state index in [-0.39, 0.29) is 25.9 Å². The predicted molar refractivity (Wildman–Crippen MR) is 133 cm³/mol. The van der Waals surface area contributed by atoms with Crippen LogP contribution in [0.4, 0.5) is 0 Å². The normalized spacial score (nSPS) is 34.1. The van der Waals surface area contributed by atoms with Crippen molar-refractivity contribution in [3.05, 3.63) is 37.4 Å². The van der Waals surface area contributed by atoms with Crippen molar-refractivity contribution in [3.63, 3.8) is 0 Å². The second-order valence-electron chi connectivity index (χ2n) is 11.1. The number of rotatable bonds is 6. The molecule has 16 nitrogen and oxygen atoms in total. The molecule has 4 fully saturated rings. The number of carbonyl (C=O) groups excluding carboxylic acids is 3. The number of aryl methyl sites for hydroxylation is 1. The van der Waals surface area contributed by atoms with E-state index in [1.807, 2.05) is 0 Å². The number of fused-ring (bicyclic) bond motifs is 2. The van der Waals surface area contributed by atoms with E-state index in [2.05, 4.69) is 4.98 Å². The summed E-state index contributed by atoms with van der Waals surface area (Å²) in [5, 5.41) is 18.8. The van der Waals surface area contributed by atoms with Crippen molar-refractivity contribution >= 4 is 43.4 Å². The fraction of sp³-hybridized carbons (Fsp3) is 0.565. The van der Waals surface area contributed by atoms with Crippen molar-refractivity contribution in [2.75, 3.05) is 0 Å². The molecule has 2 unspecified atom stereocenters. The summed E-state index contributed by atoms with van der Waals surface area (Å²) in [6.45, 7) is 2.66. The molecular weight excluding hydrogens is 584 g/mol. The van der Waals surface area contributed by atoms with Crippen LogP contribution in [0.2, 0.25) is 0 Å². The van der Waals surface area contributed by atoms with Crippen LogP contribution in [0.25, 0.3) is 0 Å². The van der Waals surface area contributed by atoms with E-state index in [4.69, 9.17) is 0 Å². The summed E-state index contributed by atoms with van der Waals surface area (Å²) < 4.78 is 52.1. The van der Waals surface area contributed by atoms with Gasteiger partial charge in [-0.15, -0.1) is 0 Å². The molecule has 1 N–H and O–H groups in total. The Hall–Kier alpha value is -3.80. The van der Waals surface area contributed by atoms with Crippen LogP contribution in [-0.2, 0) is 59.0 Å². The van der Waals surface area contributed by atoms with Crippen LogP contribution >= 0.6 is 0 Å². The van der Waals surface area contributed by atoms with Crippen LogP contribution < -0.4 is 9.67 Å². The predicted octanol–water partition coefficient (Wildman–Crippen LogP) is -3.74. The van der Waals surface area contributed by atoms with Gasteiger partial charge in [-0.3, -0.25) is 9.59 Å². The third-order valence-corrected chi connectivity index (χ3v) is 14.0. The van der Waals surface area contributed by atoms with Gasteiger partial charge < -0.3 is 29.4 Å². The Kier molecular flexibility index (Phi) is 6.38. The first kappa shape index (κ1) is 28.7. The molecule has 0 aliphatic carbocycles. The van der Waals surface area contributed by atoms with E-state index < -0.39 is 75.8 Å². The Labute approximate surface area is 234 Å². The van der Waals surface area contributed by atoms with Gasteiger partial charge in [-0.25, -0.2) is 35.7 Å². The lowest BCUT2D eigenvalue weighted by Crippen LogP contribution is -2.61. The number of aromatic nitrogens is 4. The standard InChI is InChI=1S/C12H15N3O5S.C11H13N3O5S/c1-12(6-14-4-3-13(2)7-14)10(11(17)18)15-8(16)5-9(15)21(12,19)20;1-11(5-13-3-2-12-6-13)9(10(16)17)14-7(15)4-8(14)20(11,18)19/h3-4,7,9-10H,5-6H2,1-2H3;2-3,6,8-9H,4-5H2,1H3,(H,16,17)/t9?,10-,12-;8?,9-,11-/m00/s1. The zero-order chi connectivity index (χ0) is 30.3. The number of carboxylic acids is 2. The summed E-state index contributed by atoms with van der Waals surface area (Å²) >= 11 is 0. The Morgan fingerprint density at radius 3 is 1.90 bits per heavy atom. The van der Waals surface area contributed by atoms with E-state index >= 15 is 0 Å². The first-order valence-electron chi connectivity index (χ1n) is 12.5. The molecule has 2 amide bonds. The molecule has 4 aliphatic heterocycles. The lowest BCUT2D eigenvalue weighted by molar-refractivity contribution is -0.671. The van der Waals surface area contributed by atoms with Crippen molar-refractivity contribution in [1.29, 1.82) is 0 Å². The van der Waals surface area contributed by atoms with Crippen molar-refractivity contribution in [2.24, 2.45) is 7.05 Å². The molecule has 0 aromatic carbocycles. The number of sulfone groups is 2. The molecule has 41 heavy (non-hydrogen) atoms. The second kappa shape index (κ2) is 9.10. The molecule has 0 bridgehead atoms.